The number of carboxylic acids is 1. The van der Waals surface area contributed by atoms with E-state index in [2.05, 4.69) is 15.9 Å². The maximum Gasteiger partial charge on any atom is 0.314 e. The van der Waals surface area contributed by atoms with Crippen molar-refractivity contribution in [2.24, 2.45) is 5.41 Å². The number of halogens is 2. The fourth-order valence-electron chi connectivity index (χ4n) is 3.28. The summed E-state index contributed by atoms with van der Waals surface area (Å²) in [5.74, 6) is -2.16. The van der Waals surface area contributed by atoms with Crippen molar-refractivity contribution in [3.63, 3.8) is 0 Å². The van der Waals surface area contributed by atoms with Crippen LogP contribution in [0, 0.1) is 5.41 Å². The number of rotatable bonds is 5. The molecule has 1 fully saturated rings. The van der Waals surface area contributed by atoms with Gasteiger partial charge in [0.2, 0.25) is 0 Å². The number of carboxylic acid groups (broad SMARTS) is 1. The Morgan fingerprint density at radius 2 is 1.68 bits per heavy atom. The average Bonchev–Trinajstić information content (AvgIpc) is 3.27. The molecule has 1 saturated carbocycles. The van der Waals surface area contributed by atoms with Crippen molar-refractivity contribution in [1.29, 1.82) is 0 Å². The van der Waals surface area contributed by atoms with Gasteiger partial charge in [0.25, 0.3) is 0 Å². The molecule has 5 nitrogen and oxygen atoms in total. The molecule has 132 valence electrons. The highest BCUT2D eigenvalue weighted by molar-refractivity contribution is 9.10. The number of aliphatic hydroxyl groups is 1. The van der Waals surface area contributed by atoms with E-state index >= 15 is 0 Å². The molecule has 2 N–H and O–H groups in total. The Morgan fingerprint density at radius 1 is 1.12 bits per heavy atom. The molecule has 8 heteroatoms. The number of carbonyl (C=O) groups is 1. The van der Waals surface area contributed by atoms with Gasteiger partial charge in [0.15, 0.2) is 9.84 Å². The van der Waals surface area contributed by atoms with Crippen LogP contribution in [0.15, 0.2) is 57.9 Å². The topological polar surface area (TPSA) is 91.7 Å². The van der Waals surface area contributed by atoms with E-state index in [0.29, 0.717) is 10.6 Å². The molecule has 2 aromatic rings. The van der Waals surface area contributed by atoms with Crippen LogP contribution in [0.1, 0.15) is 11.5 Å². The molecular weight excluding hydrogens is 432 g/mol. The molecule has 0 saturated heterocycles. The molecule has 0 unspecified atom stereocenters. The third-order valence-electron chi connectivity index (χ3n) is 4.62. The van der Waals surface area contributed by atoms with Gasteiger partial charge in [0.05, 0.1) is 16.8 Å². The van der Waals surface area contributed by atoms with Crippen molar-refractivity contribution in [3.8, 4) is 0 Å². The highest BCUT2D eigenvalue weighted by atomic mass is 79.9. The summed E-state index contributed by atoms with van der Waals surface area (Å²) in [5, 5.41) is 18.6. The first-order valence-electron chi connectivity index (χ1n) is 7.34. The fourth-order valence-corrected chi connectivity index (χ4v) is 6.04. The van der Waals surface area contributed by atoms with Gasteiger partial charge >= 0.3 is 5.97 Å². The van der Waals surface area contributed by atoms with Gasteiger partial charge in [-0.3, -0.25) is 4.79 Å². The van der Waals surface area contributed by atoms with Crippen LogP contribution >= 0.6 is 27.5 Å². The number of hydrogen-bond acceptors (Lipinski definition) is 4. The molecule has 0 heterocycles. The van der Waals surface area contributed by atoms with E-state index in [4.69, 9.17) is 11.6 Å². The summed E-state index contributed by atoms with van der Waals surface area (Å²) in [6.45, 7) is -0.763. The largest absolute Gasteiger partial charge is 0.481 e. The van der Waals surface area contributed by atoms with Gasteiger partial charge in [-0.25, -0.2) is 8.42 Å². The molecule has 1 aliphatic carbocycles. The van der Waals surface area contributed by atoms with Gasteiger partial charge in [-0.1, -0.05) is 39.7 Å². The molecular formula is C17H14BrClO5S. The van der Waals surface area contributed by atoms with Crippen molar-refractivity contribution in [3.05, 3.63) is 63.6 Å². The summed E-state index contributed by atoms with van der Waals surface area (Å²) in [6.07, 6.45) is 0. The second-order valence-corrected chi connectivity index (χ2v) is 9.37. The van der Waals surface area contributed by atoms with Crippen LogP contribution in [0.2, 0.25) is 5.02 Å². The van der Waals surface area contributed by atoms with E-state index in [1.54, 1.807) is 24.3 Å². The maximum absolute atomic E-state index is 13.0. The molecule has 0 radical (unpaired) electrons. The summed E-state index contributed by atoms with van der Waals surface area (Å²) < 4.78 is 26.8. The first-order valence-corrected chi connectivity index (χ1v) is 10.1. The monoisotopic (exact) mass is 444 g/mol. The zero-order valence-corrected chi connectivity index (χ0v) is 15.9. The van der Waals surface area contributed by atoms with Crippen LogP contribution < -0.4 is 0 Å². The summed E-state index contributed by atoms with van der Waals surface area (Å²) in [5.41, 5.74) is -1.20. The van der Waals surface area contributed by atoms with E-state index in [1.807, 2.05) is 0 Å². The minimum atomic E-state index is -3.97. The number of aliphatic hydroxyl groups excluding tert-OH is 1. The first-order chi connectivity index (χ1) is 11.7. The van der Waals surface area contributed by atoms with Crippen molar-refractivity contribution < 1.29 is 23.4 Å². The Labute approximate surface area is 158 Å². The summed E-state index contributed by atoms with van der Waals surface area (Å²) >= 11 is 9.09. The van der Waals surface area contributed by atoms with Crippen LogP contribution in [0.25, 0.3) is 0 Å². The van der Waals surface area contributed by atoms with Gasteiger partial charge in [-0.15, -0.1) is 0 Å². The molecule has 3 atom stereocenters. The lowest BCUT2D eigenvalue weighted by Gasteiger charge is -2.09. The number of sulfone groups is 1. The SMILES string of the molecule is O=C(O)[C@]1(CO)[C@@H](c2ccc(Br)cc2)[C@@H]1S(=O)(=O)c1ccc(Cl)cc1. The van der Waals surface area contributed by atoms with Gasteiger partial charge in [0.1, 0.15) is 5.41 Å². The molecule has 0 aliphatic heterocycles. The maximum atomic E-state index is 13.0. The highest BCUT2D eigenvalue weighted by Crippen LogP contribution is 2.64. The second-order valence-electron chi connectivity index (χ2n) is 5.95. The summed E-state index contributed by atoms with van der Waals surface area (Å²) in [4.78, 5) is 11.8. The second kappa shape index (κ2) is 6.39. The van der Waals surface area contributed by atoms with Crippen molar-refractivity contribution in [2.75, 3.05) is 6.61 Å². The van der Waals surface area contributed by atoms with Crippen LogP contribution in [-0.2, 0) is 14.6 Å². The molecule has 0 aromatic heterocycles. The third-order valence-corrected chi connectivity index (χ3v) is 7.69. The van der Waals surface area contributed by atoms with Crippen LogP contribution in [0.4, 0.5) is 0 Å². The molecule has 0 amide bonds. The number of benzene rings is 2. The van der Waals surface area contributed by atoms with Gasteiger partial charge < -0.3 is 10.2 Å². The third kappa shape index (κ3) is 2.89. The normalized spacial score (nSPS) is 25.6. The zero-order chi connectivity index (χ0) is 18.4. The molecule has 3 rings (SSSR count). The summed E-state index contributed by atoms with van der Waals surface area (Å²) in [6, 6.07) is 12.3. The van der Waals surface area contributed by atoms with Crippen molar-refractivity contribution in [1.82, 2.24) is 0 Å². The number of aliphatic carboxylic acids is 1. The van der Waals surface area contributed by atoms with E-state index in [9.17, 15) is 23.4 Å². The fraction of sp³-hybridized carbons (Fsp3) is 0.235. The Morgan fingerprint density at radius 3 is 2.16 bits per heavy atom. The number of hydrogen-bond donors (Lipinski definition) is 2. The average molecular weight is 446 g/mol. The van der Waals surface area contributed by atoms with Crippen molar-refractivity contribution in [2.45, 2.75) is 16.1 Å². The Hall–Kier alpha value is -1.41. The Kier molecular flexibility index (Phi) is 4.70. The van der Waals surface area contributed by atoms with Crippen LogP contribution in [0.3, 0.4) is 0 Å². The predicted octanol–water partition coefficient (Wildman–Crippen LogP) is 3.11. The van der Waals surface area contributed by atoms with Gasteiger partial charge in [-0.2, -0.15) is 0 Å². The lowest BCUT2D eigenvalue weighted by molar-refractivity contribution is -0.145. The molecule has 25 heavy (non-hydrogen) atoms. The smallest absolute Gasteiger partial charge is 0.314 e. The predicted molar refractivity (Wildman–Crippen MR) is 96.5 cm³/mol. The first kappa shape index (κ1) is 18.4. The standard InChI is InChI=1S/C17H14BrClO5S/c18-11-3-1-10(2-4-11)14-15(17(14,9-20)16(21)22)25(23,24)13-7-5-12(19)6-8-13/h1-8,14-15,20H,9H2,(H,21,22)/t14-,15-,17+/m0/s1. The van der Waals surface area contributed by atoms with Gasteiger partial charge in [-0.05, 0) is 42.0 Å². The molecule has 2 aromatic carbocycles. The minimum Gasteiger partial charge on any atom is -0.481 e. The van der Waals surface area contributed by atoms with E-state index in [0.717, 1.165) is 4.47 Å². The molecule has 0 bridgehead atoms. The van der Waals surface area contributed by atoms with E-state index in [-0.39, 0.29) is 4.90 Å². The zero-order valence-electron chi connectivity index (χ0n) is 12.8. The lowest BCUT2D eigenvalue weighted by Crippen LogP contribution is -2.27. The van der Waals surface area contributed by atoms with E-state index < -0.39 is 39.0 Å². The highest BCUT2D eigenvalue weighted by Gasteiger charge is 2.75. The Balaban J connectivity index is 2.10. The van der Waals surface area contributed by atoms with Crippen molar-refractivity contribution >= 4 is 43.3 Å². The molecule has 0 spiro atoms. The Bertz CT molecular complexity index is 911. The minimum absolute atomic E-state index is 0.0133. The lowest BCUT2D eigenvalue weighted by atomic mass is 10.0. The molecule has 1 aliphatic rings. The van der Waals surface area contributed by atoms with E-state index in [1.165, 1.54) is 24.3 Å². The van der Waals surface area contributed by atoms with Crippen LogP contribution in [-0.4, -0.2) is 36.5 Å². The quantitative estimate of drug-likeness (QED) is 0.738. The van der Waals surface area contributed by atoms with Crippen LogP contribution in [0.5, 0.6) is 0 Å². The van der Waals surface area contributed by atoms with Gasteiger partial charge in [0, 0.05) is 15.4 Å². The summed E-state index contributed by atoms with van der Waals surface area (Å²) in [7, 11) is -3.97.